The van der Waals surface area contributed by atoms with Gasteiger partial charge in [0.2, 0.25) is 0 Å². The molecule has 1 fully saturated rings. The predicted octanol–water partition coefficient (Wildman–Crippen LogP) is 7.78. The van der Waals surface area contributed by atoms with E-state index in [4.69, 9.17) is 4.74 Å². The number of methoxy groups -OCH3 is 1. The van der Waals surface area contributed by atoms with Crippen LogP contribution in [0, 0.1) is 0 Å². The zero-order chi connectivity index (χ0) is 32.1. The number of fused-ring (bicyclic) bond motifs is 1. The van der Waals surface area contributed by atoms with Crippen LogP contribution in [0.5, 0.6) is 5.75 Å². The molecule has 2 atom stereocenters. The molecule has 0 aliphatic carbocycles. The number of hydrogen-bond acceptors (Lipinski definition) is 7. The second-order valence-electron chi connectivity index (χ2n) is 13.0. The van der Waals surface area contributed by atoms with Crippen LogP contribution >= 0.6 is 0 Å². The minimum absolute atomic E-state index is 0.134. The number of ketones is 1. The van der Waals surface area contributed by atoms with Gasteiger partial charge in [0.1, 0.15) is 11.6 Å². The summed E-state index contributed by atoms with van der Waals surface area (Å²) in [7, 11) is 1.54. The Hall–Kier alpha value is -4.43. The first-order valence-electron chi connectivity index (χ1n) is 15.8. The van der Waals surface area contributed by atoms with Crippen molar-refractivity contribution >= 4 is 45.3 Å². The number of benzene rings is 3. The highest BCUT2D eigenvalue weighted by atomic mass is 16.5. The minimum Gasteiger partial charge on any atom is -0.495 e. The molecule has 5 rings (SSSR count). The number of rotatable bonds is 10. The van der Waals surface area contributed by atoms with Crippen molar-refractivity contribution in [1.82, 2.24) is 9.88 Å². The van der Waals surface area contributed by atoms with E-state index in [2.05, 4.69) is 60.5 Å². The topological polar surface area (TPSA) is 95.6 Å². The number of pyridine rings is 1. The van der Waals surface area contributed by atoms with Crippen molar-refractivity contribution in [3.63, 3.8) is 0 Å². The first-order chi connectivity index (χ1) is 21.5. The van der Waals surface area contributed by atoms with Gasteiger partial charge in [0.05, 0.1) is 12.8 Å². The number of hydrogen-bond donors (Lipinski definition) is 3. The van der Waals surface area contributed by atoms with Gasteiger partial charge in [-0.1, -0.05) is 57.5 Å². The number of aromatic nitrogens is 1. The van der Waals surface area contributed by atoms with Gasteiger partial charge < -0.3 is 20.7 Å². The second-order valence-corrected chi connectivity index (χ2v) is 13.0. The van der Waals surface area contributed by atoms with E-state index in [1.165, 1.54) is 19.3 Å². The average molecular weight is 608 g/mol. The van der Waals surface area contributed by atoms with Crippen LogP contribution in [0.3, 0.4) is 0 Å². The monoisotopic (exact) mass is 607 g/mol. The fraction of sp³-hybridized carbons (Fsp3) is 0.378. The van der Waals surface area contributed by atoms with Crippen LogP contribution in [0.15, 0.2) is 72.9 Å². The molecule has 0 bridgehead atoms. The van der Waals surface area contributed by atoms with Crippen molar-refractivity contribution < 1.29 is 14.3 Å². The van der Waals surface area contributed by atoms with Gasteiger partial charge in [0, 0.05) is 59.8 Å². The van der Waals surface area contributed by atoms with E-state index in [1.807, 2.05) is 60.7 Å². The molecule has 1 saturated heterocycles. The van der Waals surface area contributed by atoms with Gasteiger partial charge in [-0.15, -0.1) is 0 Å². The molecule has 1 aromatic heterocycles. The third-order valence-corrected chi connectivity index (χ3v) is 8.78. The lowest BCUT2D eigenvalue weighted by molar-refractivity contribution is -0.112. The zero-order valence-electron chi connectivity index (χ0n) is 27.2. The molecule has 0 saturated carbocycles. The first kappa shape index (κ1) is 32.0. The smallest absolute Gasteiger partial charge is 0.296 e. The van der Waals surface area contributed by atoms with E-state index in [0.717, 1.165) is 41.2 Å². The number of carbonyl (C=O) groups excluding carboxylic acids is 2. The molecule has 45 heavy (non-hydrogen) atoms. The van der Waals surface area contributed by atoms with Gasteiger partial charge in [0.15, 0.2) is 0 Å². The van der Waals surface area contributed by atoms with Crippen molar-refractivity contribution in [1.29, 1.82) is 0 Å². The highest BCUT2D eigenvalue weighted by Gasteiger charge is 2.25. The van der Waals surface area contributed by atoms with Crippen molar-refractivity contribution in [2.24, 2.45) is 0 Å². The van der Waals surface area contributed by atoms with E-state index < -0.39 is 11.7 Å². The van der Waals surface area contributed by atoms with Crippen LogP contribution < -0.4 is 20.7 Å². The summed E-state index contributed by atoms with van der Waals surface area (Å²) in [5.41, 5.74) is 3.39. The van der Waals surface area contributed by atoms with Crippen LogP contribution in [0.1, 0.15) is 69.8 Å². The van der Waals surface area contributed by atoms with Crippen LogP contribution in [0.2, 0.25) is 0 Å². The number of piperidine rings is 1. The van der Waals surface area contributed by atoms with Gasteiger partial charge >= 0.3 is 0 Å². The fourth-order valence-electron chi connectivity index (χ4n) is 6.17. The lowest BCUT2D eigenvalue weighted by Gasteiger charge is -2.39. The van der Waals surface area contributed by atoms with Gasteiger partial charge in [-0.2, -0.15) is 0 Å². The first-order valence-corrected chi connectivity index (χ1v) is 15.8. The van der Waals surface area contributed by atoms with E-state index in [0.29, 0.717) is 34.5 Å². The van der Waals surface area contributed by atoms with Gasteiger partial charge in [-0.3, -0.25) is 14.5 Å². The van der Waals surface area contributed by atoms with Crippen LogP contribution in [0.4, 0.5) is 22.9 Å². The zero-order valence-corrected chi connectivity index (χ0v) is 27.2. The molecule has 3 N–H and O–H groups in total. The van der Waals surface area contributed by atoms with E-state index >= 15 is 0 Å². The molecule has 1 amide bonds. The fourth-order valence-corrected chi connectivity index (χ4v) is 6.17. The summed E-state index contributed by atoms with van der Waals surface area (Å²) < 4.78 is 5.46. The summed E-state index contributed by atoms with van der Waals surface area (Å²) in [6, 6.07) is 21.9. The number of Topliss-reactive ketones (excluding diaryl/α,β-unsaturated/α-hetero) is 1. The third-order valence-electron chi connectivity index (χ3n) is 8.78. The number of nitrogens with one attached hydrogen (secondary N) is 3. The number of amides is 1. The summed E-state index contributed by atoms with van der Waals surface area (Å²) in [5.74, 6) is -0.0384. The van der Waals surface area contributed by atoms with Crippen molar-refractivity contribution in [2.45, 2.75) is 71.4 Å². The molecule has 2 unspecified atom stereocenters. The Bertz CT molecular complexity index is 1670. The third kappa shape index (κ3) is 7.45. The van der Waals surface area contributed by atoms with Gasteiger partial charge in [-0.05, 0) is 73.4 Å². The number of nitrogens with zero attached hydrogens (tertiary/aromatic N) is 2. The number of likely N-dealkylation sites (tertiary alicyclic amines) is 1. The predicted molar refractivity (Wildman–Crippen MR) is 184 cm³/mol. The Kier molecular flexibility index (Phi) is 9.73. The molecule has 4 aromatic rings. The lowest BCUT2D eigenvalue weighted by Crippen LogP contribution is -2.45. The molecule has 8 heteroatoms. The normalized spacial score (nSPS) is 17.1. The Morgan fingerprint density at radius 3 is 2.38 bits per heavy atom. The maximum Gasteiger partial charge on any atom is 0.296 e. The largest absolute Gasteiger partial charge is 0.495 e. The van der Waals surface area contributed by atoms with Gasteiger partial charge in [0.25, 0.3) is 11.7 Å². The minimum atomic E-state index is -0.719. The molecule has 0 spiro atoms. The second kappa shape index (κ2) is 13.7. The number of carbonyl (C=O) groups is 2. The van der Waals surface area contributed by atoms with Crippen LogP contribution in [-0.2, 0) is 10.2 Å². The number of anilines is 4. The van der Waals surface area contributed by atoms with Crippen LogP contribution in [0.25, 0.3) is 10.8 Å². The van der Waals surface area contributed by atoms with Gasteiger partial charge in [-0.25, -0.2) is 4.98 Å². The lowest BCUT2D eigenvalue weighted by atomic mass is 9.87. The Labute approximate surface area is 266 Å². The maximum absolute atomic E-state index is 13.5. The standard InChI is InChI=1S/C37H45N5O3/c1-24-10-9-11-25(2)42(24)21-20-39-34-23-27(18-19-38-34)40-31-16-15-30(28-12-7-8-13-29(28)31)35(43)36(44)41-32-22-26(37(3,4)5)14-17-33(32)45-6/h7-8,12-19,22-25H,9-11,20-21H2,1-6H3,(H,41,44)(H2,38,39,40). The molecule has 1 aliphatic rings. The molecule has 8 nitrogen and oxygen atoms in total. The van der Waals surface area contributed by atoms with E-state index in [1.54, 1.807) is 19.4 Å². The summed E-state index contributed by atoms with van der Waals surface area (Å²) in [6.45, 7) is 12.7. The Morgan fingerprint density at radius 2 is 1.67 bits per heavy atom. The molecule has 236 valence electrons. The van der Waals surface area contributed by atoms with Crippen LogP contribution in [-0.4, -0.2) is 53.9 Å². The molecular weight excluding hydrogens is 562 g/mol. The molecule has 3 aromatic carbocycles. The molecule has 0 radical (unpaired) electrons. The molecular formula is C37H45N5O3. The SMILES string of the molecule is COc1ccc(C(C)(C)C)cc1NC(=O)C(=O)c1ccc(Nc2ccnc(NCCN3C(C)CCCC3C)c2)c2ccccc12. The van der Waals surface area contributed by atoms with Crippen molar-refractivity contribution in [2.75, 3.05) is 36.1 Å². The Balaban J connectivity index is 1.31. The average Bonchev–Trinajstić information content (AvgIpc) is 3.02. The van der Waals surface area contributed by atoms with E-state index in [9.17, 15) is 9.59 Å². The highest BCUT2D eigenvalue weighted by Crippen LogP contribution is 2.33. The summed E-state index contributed by atoms with van der Waals surface area (Å²) in [5, 5.41) is 11.3. The quantitative estimate of drug-likeness (QED) is 0.125. The molecule has 1 aliphatic heterocycles. The van der Waals surface area contributed by atoms with Crippen molar-refractivity contribution in [3.8, 4) is 5.75 Å². The molecule has 2 heterocycles. The maximum atomic E-state index is 13.5. The highest BCUT2D eigenvalue weighted by molar-refractivity contribution is 6.48. The van der Waals surface area contributed by atoms with Crippen molar-refractivity contribution in [3.05, 3.63) is 84.1 Å². The van der Waals surface area contributed by atoms with E-state index in [-0.39, 0.29) is 5.41 Å². The summed E-state index contributed by atoms with van der Waals surface area (Å²) in [4.78, 5) is 33.9. The Morgan fingerprint density at radius 1 is 0.933 bits per heavy atom. The summed E-state index contributed by atoms with van der Waals surface area (Å²) in [6.07, 6.45) is 5.60. The summed E-state index contributed by atoms with van der Waals surface area (Å²) >= 11 is 0. The number of ether oxygens (including phenoxy) is 1.